The van der Waals surface area contributed by atoms with Gasteiger partial charge in [-0.3, -0.25) is 0 Å². The van der Waals surface area contributed by atoms with Crippen molar-refractivity contribution in [2.24, 2.45) is 0 Å². The maximum absolute atomic E-state index is 3.67. The molecule has 0 saturated heterocycles. The molecular formula is C19H17N. The molecule has 0 aliphatic carbocycles. The summed E-state index contributed by atoms with van der Waals surface area (Å²) in [5.74, 6) is 0. The molecule has 1 aliphatic rings. The first kappa shape index (κ1) is 11.5. The van der Waals surface area contributed by atoms with Crippen LogP contribution < -0.4 is 5.32 Å². The molecular weight excluding hydrogens is 242 g/mol. The van der Waals surface area contributed by atoms with E-state index in [1.54, 1.807) is 0 Å². The highest BCUT2D eigenvalue weighted by Gasteiger charge is 2.22. The van der Waals surface area contributed by atoms with Gasteiger partial charge in [0.1, 0.15) is 0 Å². The number of aryl methyl sites for hydroxylation is 1. The van der Waals surface area contributed by atoms with Crippen LogP contribution in [-0.4, -0.2) is 0 Å². The van der Waals surface area contributed by atoms with Crippen LogP contribution in [0.2, 0.25) is 0 Å². The third-order valence-corrected chi connectivity index (χ3v) is 4.17. The van der Waals surface area contributed by atoms with Crippen molar-refractivity contribution in [2.75, 3.05) is 5.32 Å². The lowest BCUT2D eigenvalue weighted by Crippen LogP contribution is -2.05. The number of nitrogens with one attached hydrogen (secondary N) is 1. The molecule has 4 rings (SSSR count). The Morgan fingerprint density at radius 2 is 1.70 bits per heavy atom. The molecule has 1 atom stereocenters. The van der Waals surface area contributed by atoms with Gasteiger partial charge in [0.2, 0.25) is 0 Å². The molecule has 1 heterocycles. The largest absolute Gasteiger partial charge is 0.378 e. The summed E-state index contributed by atoms with van der Waals surface area (Å²) in [4.78, 5) is 0. The Morgan fingerprint density at radius 1 is 0.900 bits per heavy atom. The summed E-state index contributed by atoms with van der Waals surface area (Å²) in [7, 11) is 0. The van der Waals surface area contributed by atoms with E-state index in [1.165, 1.54) is 33.2 Å². The first-order valence-electron chi connectivity index (χ1n) is 7.14. The van der Waals surface area contributed by atoms with Gasteiger partial charge in [-0.25, -0.2) is 0 Å². The van der Waals surface area contributed by atoms with Crippen molar-refractivity contribution < 1.29 is 0 Å². The van der Waals surface area contributed by atoms with Gasteiger partial charge in [0.05, 0.1) is 6.04 Å². The molecule has 0 aromatic heterocycles. The fraction of sp³-hybridized carbons (Fsp3) is 0.158. The fourth-order valence-electron chi connectivity index (χ4n) is 3.14. The first-order chi connectivity index (χ1) is 9.79. The first-order valence-corrected chi connectivity index (χ1v) is 7.14. The zero-order valence-corrected chi connectivity index (χ0v) is 11.6. The van der Waals surface area contributed by atoms with Crippen LogP contribution in [0.4, 0.5) is 5.69 Å². The summed E-state index contributed by atoms with van der Waals surface area (Å²) in [5.41, 5.74) is 5.42. The summed E-state index contributed by atoms with van der Waals surface area (Å²) in [6.45, 7) is 2.15. The van der Waals surface area contributed by atoms with E-state index in [0.29, 0.717) is 6.04 Å². The lowest BCUT2D eigenvalue weighted by atomic mass is 10.00. The van der Waals surface area contributed by atoms with Gasteiger partial charge < -0.3 is 5.32 Å². The summed E-state index contributed by atoms with van der Waals surface area (Å²) >= 11 is 0. The molecule has 3 aromatic rings. The predicted octanol–water partition coefficient (Wildman–Crippen LogP) is 4.86. The molecule has 1 heteroatoms. The molecule has 20 heavy (non-hydrogen) atoms. The van der Waals surface area contributed by atoms with Crippen molar-refractivity contribution in [1.29, 1.82) is 0 Å². The molecule has 1 aliphatic heterocycles. The average molecular weight is 259 g/mol. The Hall–Kier alpha value is -2.28. The summed E-state index contributed by atoms with van der Waals surface area (Å²) in [6.07, 6.45) is 1.07. The van der Waals surface area contributed by atoms with Gasteiger partial charge in [-0.05, 0) is 47.4 Å². The van der Waals surface area contributed by atoms with Crippen molar-refractivity contribution in [3.63, 3.8) is 0 Å². The van der Waals surface area contributed by atoms with Crippen molar-refractivity contribution in [3.05, 3.63) is 77.4 Å². The topological polar surface area (TPSA) is 12.0 Å². The van der Waals surface area contributed by atoms with Crippen LogP contribution in [0.1, 0.15) is 22.7 Å². The molecule has 1 unspecified atom stereocenters. The van der Waals surface area contributed by atoms with Crippen LogP contribution >= 0.6 is 0 Å². The minimum atomic E-state index is 0.404. The van der Waals surface area contributed by atoms with E-state index >= 15 is 0 Å². The van der Waals surface area contributed by atoms with E-state index < -0.39 is 0 Å². The van der Waals surface area contributed by atoms with Crippen molar-refractivity contribution in [3.8, 4) is 0 Å². The molecule has 98 valence electrons. The van der Waals surface area contributed by atoms with Gasteiger partial charge in [0, 0.05) is 5.69 Å². The SMILES string of the molecule is Cc1cccc(C2Cc3cc4ccccc4cc3N2)c1. The van der Waals surface area contributed by atoms with E-state index in [9.17, 15) is 0 Å². The molecule has 1 N–H and O–H groups in total. The lowest BCUT2D eigenvalue weighted by Gasteiger charge is -2.12. The van der Waals surface area contributed by atoms with Gasteiger partial charge in [-0.2, -0.15) is 0 Å². The lowest BCUT2D eigenvalue weighted by molar-refractivity contribution is 0.823. The summed E-state index contributed by atoms with van der Waals surface area (Å²) in [6, 6.07) is 22.4. The van der Waals surface area contributed by atoms with Gasteiger partial charge >= 0.3 is 0 Å². The molecule has 0 spiro atoms. The Labute approximate surface area is 119 Å². The molecule has 0 amide bonds. The zero-order chi connectivity index (χ0) is 13.5. The third-order valence-electron chi connectivity index (χ3n) is 4.17. The maximum Gasteiger partial charge on any atom is 0.0555 e. The maximum atomic E-state index is 3.67. The minimum Gasteiger partial charge on any atom is -0.378 e. The normalized spacial score (nSPS) is 16.9. The Balaban J connectivity index is 1.74. The van der Waals surface area contributed by atoms with Gasteiger partial charge in [-0.15, -0.1) is 0 Å². The van der Waals surface area contributed by atoms with Gasteiger partial charge in [0.15, 0.2) is 0 Å². The second kappa shape index (κ2) is 4.38. The highest BCUT2D eigenvalue weighted by atomic mass is 14.9. The second-order valence-corrected chi connectivity index (χ2v) is 5.67. The summed E-state index contributed by atoms with van der Waals surface area (Å²) < 4.78 is 0. The monoisotopic (exact) mass is 259 g/mol. The molecule has 0 radical (unpaired) electrons. The zero-order valence-electron chi connectivity index (χ0n) is 11.6. The van der Waals surface area contributed by atoms with E-state index in [-0.39, 0.29) is 0 Å². The number of anilines is 1. The Bertz CT molecular complexity index is 744. The van der Waals surface area contributed by atoms with Crippen LogP contribution in [0.15, 0.2) is 60.7 Å². The number of fused-ring (bicyclic) bond motifs is 2. The van der Waals surface area contributed by atoms with Crippen LogP contribution in [0.25, 0.3) is 10.8 Å². The average Bonchev–Trinajstić information content (AvgIpc) is 2.87. The summed E-state index contributed by atoms with van der Waals surface area (Å²) in [5, 5.41) is 6.31. The van der Waals surface area contributed by atoms with Crippen molar-refractivity contribution in [1.82, 2.24) is 0 Å². The van der Waals surface area contributed by atoms with Crippen LogP contribution in [0, 0.1) is 6.92 Å². The highest BCUT2D eigenvalue weighted by molar-refractivity contribution is 5.88. The van der Waals surface area contributed by atoms with Crippen LogP contribution in [-0.2, 0) is 6.42 Å². The highest BCUT2D eigenvalue weighted by Crippen LogP contribution is 2.36. The van der Waals surface area contributed by atoms with Crippen LogP contribution in [0.5, 0.6) is 0 Å². The van der Waals surface area contributed by atoms with Gasteiger partial charge in [-0.1, -0.05) is 54.1 Å². The Kier molecular flexibility index (Phi) is 2.53. The standard InChI is InChI=1S/C19H17N/c1-13-5-4-8-16(9-13)18-12-17-10-14-6-2-3-7-15(14)11-19(17)20-18/h2-11,18,20H,12H2,1H3. The number of hydrogen-bond donors (Lipinski definition) is 1. The Morgan fingerprint density at radius 3 is 2.50 bits per heavy atom. The quantitative estimate of drug-likeness (QED) is 0.658. The smallest absolute Gasteiger partial charge is 0.0555 e. The predicted molar refractivity (Wildman–Crippen MR) is 85.2 cm³/mol. The number of rotatable bonds is 1. The van der Waals surface area contributed by atoms with Crippen LogP contribution in [0.3, 0.4) is 0 Å². The van der Waals surface area contributed by atoms with Crippen molar-refractivity contribution in [2.45, 2.75) is 19.4 Å². The van der Waals surface area contributed by atoms with E-state index in [1.807, 2.05) is 0 Å². The van der Waals surface area contributed by atoms with Gasteiger partial charge in [0.25, 0.3) is 0 Å². The second-order valence-electron chi connectivity index (χ2n) is 5.67. The van der Waals surface area contributed by atoms with E-state index in [0.717, 1.165) is 6.42 Å². The van der Waals surface area contributed by atoms with Crippen molar-refractivity contribution >= 4 is 16.5 Å². The minimum absolute atomic E-state index is 0.404. The molecule has 0 saturated carbocycles. The van der Waals surface area contributed by atoms with E-state index in [2.05, 4.69) is 72.9 Å². The molecule has 3 aromatic carbocycles. The number of benzene rings is 3. The fourth-order valence-corrected chi connectivity index (χ4v) is 3.14. The van der Waals surface area contributed by atoms with E-state index in [4.69, 9.17) is 0 Å². The molecule has 0 fully saturated rings. The molecule has 0 bridgehead atoms. The third kappa shape index (κ3) is 1.87. The number of hydrogen-bond acceptors (Lipinski definition) is 1. The molecule has 1 nitrogen and oxygen atoms in total.